The molecule has 1 heterocycles. The Hall–Kier alpha value is -3.08. The normalized spacial score (nSPS) is 10.8. The minimum atomic E-state index is -0.362. The molecule has 3 rings (SSSR count). The van der Waals surface area contributed by atoms with Gasteiger partial charge in [0.05, 0.1) is 6.54 Å². The lowest BCUT2D eigenvalue weighted by atomic mass is 10.00. The standard InChI is InChI=1S/C23H26FN3O/c1-15-10-17(3)21(18(4)11-15)14-27-9-5-6-20(27)13-25-23(28)26-19-8-7-16(2)22(24)12-19/h5-12H,13-14H2,1-4H3,(H2,25,26,28). The molecule has 5 heteroatoms. The highest BCUT2D eigenvalue weighted by molar-refractivity contribution is 5.89. The zero-order valence-corrected chi connectivity index (χ0v) is 16.8. The summed E-state index contributed by atoms with van der Waals surface area (Å²) in [5.74, 6) is -0.337. The van der Waals surface area contributed by atoms with Gasteiger partial charge in [0.1, 0.15) is 5.82 Å². The number of anilines is 1. The molecule has 1 aromatic heterocycles. The van der Waals surface area contributed by atoms with Crippen LogP contribution in [0.2, 0.25) is 0 Å². The zero-order chi connectivity index (χ0) is 20.3. The van der Waals surface area contributed by atoms with Crippen LogP contribution in [-0.2, 0) is 13.1 Å². The molecular weight excluding hydrogens is 353 g/mol. The molecule has 0 radical (unpaired) electrons. The molecule has 0 bridgehead atoms. The summed E-state index contributed by atoms with van der Waals surface area (Å²) in [6.45, 7) is 9.19. The van der Waals surface area contributed by atoms with Gasteiger partial charge in [-0.05, 0) is 74.2 Å². The van der Waals surface area contributed by atoms with Gasteiger partial charge in [-0.25, -0.2) is 9.18 Å². The van der Waals surface area contributed by atoms with Gasteiger partial charge in [0, 0.05) is 24.1 Å². The summed E-state index contributed by atoms with van der Waals surface area (Å²) in [4.78, 5) is 12.2. The number of hydrogen-bond donors (Lipinski definition) is 2. The predicted octanol–water partition coefficient (Wildman–Crippen LogP) is 5.23. The van der Waals surface area contributed by atoms with Gasteiger partial charge in [0.25, 0.3) is 0 Å². The van der Waals surface area contributed by atoms with Crippen LogP contribution in [0.25, 0.3) is 0 Å². The SMILES string of the molecule is Cc1cc(C)c(Cn2cccc2CNC(=O)Nc2ccc(C)c(F)c2)c(C)c1. The zero-order valence-electron chi connectivity index (χ0n) is 16.8. The van der Waals surface area contributed by atoms with Crippen molar-refractivity contribution < 1.29 is 9.18 Å². The van der Waals surface area contributed by atoms with Crippen molar-refractivity contribution in [3.63, 3.8) is 0 Å². The first-order chi connectivity index (χ1) is 13.3. The summed E-state index contributed by atoms with van der Waals surface area (Å²) in [6, 6.07) is 12.6. The van der Waals surface area contributed by atoms with Gasteiger partial charge in [-0.1, -0.05) is 23.8 Å². The predicted molar refractivity (Wildman–Crippen MR) is 111 cm³/mol. The Morgan fingerprint density at radius 2 is 1.71 bits per heavy atom. The Morgan fingerprint density at radius 3 is 2.39 bits per heavy atom. The van der Waals surface area contributed by atoms with Crippen molar-refractivity contribution in [2.45, 2.75) is 40.8 Å². The van der Waals surface area contributed by atoms with Gasteiger partial charge in [-0.15, -0.1) is 0 Å². The summed E-state index contributed by atoms with van der Waals surface area (Å²) in [5, 5.41) is 5.51. The van der Waals surface area contributed by atoms with Gasteiger partial charge in [-0.3, -0.25) is 0 Å². The van der Waals surface area contributed by atoms with Crippen LogP contribution in [0.5, 0.6) is 0 Å². The van der Waals surface area contributed by atoms with Crippen LogP contribution in [0.15, 0.2) is 48.7 Å². The van der Waals surface area contributed by atoms with E-state index < -0.39 is 0 Å². The number of halogens is 1. The van der Waals surface area contributed by atoms with E-state index in [1.165, 1.54) is 28.3 Å². The van der Waals surface area contributed by atoms with E-state index >= 15 is 0 Å². The number of carbonyl (C=O) groups is 1. The molecule has 0 saturated carbocycles. The van der Waals surface area contributed by atoms with Crippen LogP contribution in [0, 0.1) is 33.5 Å². The number of rotatable bonds is 5. The number of hydrogen-bond acceptors (Lipinski definition) is 1. The van der Waals surface area contributed by atoms with E-state index in [0.717, 1.165) is 12.2 Å². The average molecular weight is 379 g/mol. The molecule has 0 saturated heterocycles. The lowest BCUT2D eigenvalue weighted by molar-refractivity contribution is 0.251. The first kappa shape index (κ1) is 19.7. The Balaban J connectivity index is 1.64. The summed E-state index contributed by atoms with van der Waals surface area (Å²) < 4.78 is 15.7. The molecule has 2 aromatic carbocycles. The van der Waals surface area contributed by atoms with Crippen LogP contribution in [-0.4, -0.2) is 10.6 Å². The van der Waals surface area contributed by atoms with E-state index in [9.17, 15) is 9.18 Å². The number of aryl methyl sites for hydroxylation is 4. The number of amides is 2. The summed E-state index contributed by atoms with van der Waals surface area (Å²) in [6.07, 6.45) is 2.02. The Bertz CT molecular complexity index is 984. The maximum atomic E-state index is 13.6. The number of urea groups is 1. The Labute approximate surface area is 165 Å². The first-order valence-electron chi connectivity index (χ1n) is 9.35. The quantitative estimate of drug-likeness (QED) is 0.626. The number of nitrogens with zero attached hydrogens (tertiary/aromatic N) is 1. The fraction of sp³-hybridized carbons (Fsp3) is 0.261. The fourth-order valence-corrected chi connectivity index (χ4v) is 3.41. The van der Waals surface area contributed by atoms with Crippen molar-refractivity contribution in [1.29, 1.82) is 0 Å². The molecule has 0 aliphatic heterocycles. The van der Waals surface area contributed by atoms with E-state index in [4.69, 9.17) is 0 Å². The largest absolute Gasteiger partial charge is 0.345 e. The third kappa shape index (κ3) is 4.60. The van der Waals surface area contributed by atoms with Crippen LogP contribution >= 0.6 is 0 Å². The van der Waals surface area contributed by atoms with E-state index in [2.05, 4.69) is 48.1 Å². The molecule has 0 aliphatic carbocycles. The minimum Gasteiger partial charge on any atom is -0.345 e. The molecule has 0 atom stereocenters. The second-order valence-corrected chi connectivity index (χ2v) is 7.28. The molecule has 0 fully saturated rings. The molecule has 146 valence electrons. The molecule has 2 amide bonds. The second-order valence-electron chi connectivity index (χ2n) is 7.28. The lowest BCUT2D eigenvalue weighted by Gasteiger charge is -2.15. The topological polar surface area (TPSA) is 46.1 Å². The maximum Gasteiger partial charge on any atom is 0.319 e. The van der Waals surface area contributed by atoms with E-state index in [1.807, 2.05) is 18.3 Å². The second kappa shape index (κ2) is 8.30. The molecular formula is C23H26FN3O. The summed E-state index contributed by atoms with van der Waals surface area (Å²) in [5.41, 5.74) is 7.07. The molecule has 0 unspecified atom stereocenters. The maximum absolute atomic E-state index is 13.6. The molecule has 0 aliphatic rings. The number of nitrogens with one attached hydrogen (secondary N) is 2. The number of carbonyl (C=O) groups excluding carboxylic acids is 1. The Morgan fingerprint density at radius 1 is 1.00 bits per heavy atom. The van der Waals surface area contributed by atoms with Crippen LogP contribution < -0.4 is 10.6 Å². The monoisotopic (exact) mass is 379 g/mol. The first-order valence-corrected chi connectivity index (χ1v) is 9.35. The minimum absolute atomic E-state index is 0.337. The van der Waals surface area contributed by atoms with Crippen LogP contribution in [0.4, 0.5) is 14.9 Å². The molecule has 4 nitrogen and oxygen atoms in total. The highest BCUT2D eigenvalue weighted by Crippen LogP contribution is 2.19. The lowest BCUT2D eigenvalue weighted by Crippen LogP contribution is -2.29. The van der Waals surface area contributed by atoms with Crippen molar-refractivity contribution in [3.05, 3.63) is 88.0 Å². The van der Waals surface area contributed by atoms with Crippen LogP contribution in [0.1, 0.15) is 33.5 Å². The summed E-state index contributed by atoms with van der Waals surface area (Å²) in [7, 11) is 0. The van der Waals surface area contributed by atoms with E-state index in [-0.39, 0.29) is 11.8 Å². The highest BCUT2D eigenvalue weighted by atomic mass is 19.1. The smallest absolute Gasteiger partial charge is 0.319 e. The fourth-order valence-electron chi connectivity index (χ4n) is 3.41. The third-order valence-corrected chi connectivity index (χ3v) is 4.95. The molecule has 2 N–H and O–H groups in total. The van der Waals surface area contributed by atoms with Crippen molar-refractivity contribution >= 4 is 11.7 Å². The van der Waals surface area contributed by atoms with Crippen LogP contribution in [0.3, 0.4) is 0 Å². The molecule has 28 heavy (non-hydrogen) atoms. The van der Waals surface area contributed by atoms with Gasteiger partial charge in [0.15, 0.2) is 0 Å². The van der Waals surface area contributed by atoms with Gasteiger partial charge >= 0.3 is 6.03 Å². The van der Waals surface area contributed by atoms with E-state index in [1.54, 1.807) is 19.1 Å². The molecule has 0 spiro atoms. The Kier molecular flexibility index (Phi) is 5.83. The third-order valence-electron chi connectivity index (χ3n) is 4.95. The van der Waals surface area contributed by atoms with Gasteiger partial charge in [-0.2, -0.15) is 0 Å². The highest BCUT2D eigenvalue weighted by Gasteiger charge is 2.09. The van der Waals surface area contributed by atoms with Crippen molar-refractivity contribution in [1.82, 2.24) is 9.88 Å². The van der Waals surface area contributed by atoms with Crippen molar-refractivity contribution in [2.24, 2.45) is 0 Å². The number of benzene rings is 2. The van der Waals surface area contributed by atoms with Gasteiger partial charge < -0.3 is 15.2 Å². The van der Waals surface area contributed by atoms with Crippen molar-refractivity contribution in [2.75, 3.05) is 5.32 Å². The van der Waals surface area contributed by atoms with Gasteiger partial charge in [0.2, 0.25) is 0 Å². The van der Waals surface area contributed by atoms with E-state index in [0.29, 0.717) is 17.8 Å². The number of aromatic nitrogens is 1. The molecule has 3 aromatic rings. The van der Waals surface area contributed by atoms with Crippen molar-refractivity contribution in [3.8, 4) is 0 Å². The summed E-state index contributed by atoms with van der Waals surface area (Å²) >= 11 is 0. The average Bonchev–Trinajstić information content (AvgIpc) is 3.06.